The summed E-state index contributed by atoms with van der Waals surface area (Å²) >= 11 is 0. The molecular weight excluding hydrogens is 232 g/mol. The van der Waals surface area contributed by atoms with E-state index < -0.39 is 0 Å². The second-order valence-electron chi connectivity index (χ2n) is 6.70. The molecule has 1 heterocycles. The maximum atomic E-state index is 4.61. The third-order valence-corrected chi connectivity index (χ3v) is 4.89. The minimum absolute atomic E-state index is 0.393. The number of hydrogen-bond acceptors (Lipinski definition) is 2. The Kier molecular flexibility index (Phi) is 4.00. The van der Waals surface area contributed by atoms with Gasteiger partial charge in [-0.25, -0.2) is 0 Å². The standard InChI is InChI=1S/C17H28N2/c1-11(2)17(7-8-17)10-18-14(5)16-12(3)9-13(4)19-15(16)6/h9,11,14,18H,7-8,10H2,1-6H3. The van der Waals surface area contributed by atoms with Gasteiger partial charge >= 0.3 is 0 Å². The van der Waals surface area contributed by atoms with E-state index in [0.29, 0.717) is 11.5 Å². The summed E-state index contributed by atoms with van der Waals surface area (Å²) in [5.41, 5.74) is 5.59. The topological polar surface area (TPSA) is 24.9 Å². The van der Waals surface area contributed by atoms with Gasteiger partial charge in [0.05, 0.1) is 0 Å². The highest BCUT2D eigenvalue weighted by molar-refractivity contribution is 5.33. The number of hydrogen-bond donors (Lipinski definition) is 1. The number of nitrogens with one attached hydrogen (secondary N) is 1. The van der Waals surface area contributed by atoms with Gasteiger partial charge in [0.15, 0.2) is 0 Å². The summed E-state index contributed by atoms with van der Waals surface area (Å²) in [7, 11) is 0. The second kappa shape index (κ2) is 5.24. The molecule has 0 radical (unpaired) electrons. The molecule has 19 heavy (non-hydrogen) atoms. The van der Waals surface area contributed by atoms with E-state index in [9.17, 15) is 0 Å². The van der Waals surface area contributed by atoms with Crippen molar-refractivity contribution < 1.29 is 0 Å². The average Bonchev–Trinajstić information content (AvgIpc) is 3.05. The predicted octanol–water partition coefficient (Wildman–Crippen LogP) is 4.09. The highest BCUT2D eigenvalue weighted by Crippen LogP contribution is 2.51. The third-order valence-electron chi connectivity index (χ3n) is 4.89. The van der Waals surface area contributed by atoms with Crippen molar-refractivity contribution in [3.8, 4) is 0 Å². The molecule has 1 fully saturated rings. The minimum Gasteiger partial charge on any atom is -0.310 e. The van der Waals surface area contributed by atoms with Gasteiger partial charge in [0.25, 0.3) is 0 Å². The van der Waals surface area contributed by atoms with E-state index in [1.165, 1.54) is 29.7 Å². The molecule has 1 saturated carbocycles. The molecule has 2 nitrogen and oxygen atoms in total. The van der Waals surface area contributed by atoms with Gasteiger partial charge in [0, 0.05) is 24.0 Å². The van der Waals surface area contributed by atoms with Crippen molar-refractivity contribution in [1.82, 2.24) is 10.3 Å². The molecule has 1 N–H and O–H groups in total. The van der Waals surface area contributed by atoms with E-state index >= 15 is 0 Å². The molecule has 1 aromatic heterocycles. The van der Waals surface area contributed by atoms with Gasteiger partial charge in [-0.1, -0.05) is 13.8 Å². The number of nitrogens with zero attached hydrogens (tertiary/aromatic N) is 1. The number of rotatable bonds is 5. The van der Waals surface area contributed by atoms with Crippen LogP contribution in [-0.4, -0.2) is 11.5 Å². The van der Waals surface area contributed by atoms with Gasteiger partial charge in [-0.2, -0.15) is 0 Å². The summed E-state index contributed by atoms with van der Waals surface area (Å²) < 4.78 is 0. The van der Waals surface area contributed by atoms with Crippen molar-refractivity contribution in [2.75, 3.05) is 6.54 Å². The molecule has 0 aliphatic heterocycles. The van der Waals surface area contributed by atoms with Gasteiger partial charge in [-0.05, 0) is 69.1 Å². The first-order chi connectivity index (χ1) is 8.85. The first-order valence-corrected chi connectivity index (χ1v) is 7.54. The lowest BCUT2D eigenvalue weighted by Gasteiger charge is -2.25. The smallest absolute Gasteiger partial charge is 0.0426 e. The summed E-state index contributed by atoms with van der Waals surface area (Å²) in [6, 6.07) is 2.58. The molecule has 106 valence electrons. The van der Waals surface area contributed by atoms with Crippen LogP contribution in [0.2, 0.25) is 0 Å². The maximum Gasteiger partial charge on any atom is 0.0426 e. The largest absolute Gasteiger partial charge is 0.310 e. The van der Waals surface area contributed by atoms with Crippen LogP contribution in [0.25, 0.3) is 0 Å². The van der Waals surface area contributed by atoms with Crippen molar-refractivity contribution in [2.24, 2.45) is 11.3 Å². The van der Waals surface area contributed by atoms with Gasteiger partial charge < -0.3 is 5.32 Å². The van der Waals surface area contributed by atoms with Crippen LogP contribution in [0.1, 0.15) is 62.2 Å². The molecule has 0 amide bonds. The van der Waals surface area contributed by atoms with E-state index in [4.69, 9.17) is 0 Å². The fourth-order valence-electron chi connectivity index (χ4n) is 3.27. The molecule has 0 saturated heterocycles. The summed E-state index contributed by atoms with van der Waals surface area (Å²) in [6.07, 6.45) is 2.77. The van der Waals surface area contributed by atoms with Crippen molar-refractivity contribution in [2.45, 2.75) is 60.4 Å². The van der Waals surface area contributed by atoms with Gasteiger partial charge in [-0.3, -0.25) is 4.98 Å². The van der Waals surface area contributed by atoms with Crippen LogP contribution in [0.3, 0.4) is 0 Å². The SMILES string of the molecule is Cc1cc(C)c(C(C)NCC2(C(C)C)CC2)c(C)n1. The zero-order chi connectivity index (χ0) is 14.2. The first kappa shape index (κ1) is 14.5. The quantitative estimate of drug-likeness (QED) is 0.862. The Morgan fingerprint density at radius 2 is 1.84 bits per heavy atom. The molecule has 1 aromatic rings. The van der Waals surface area contributed by atoms with E-state index in [1.54, 1.807) is 0 Å². The average molecular weight is 260 g/mol. The fraction of sp³-hybridized carbons (Fsp3) is 0.706. The lowest BCUT2D eigenvalue weighted by molar-refractivity contribution is 0.324. The zero-order valence-electron chi connectivity index (χ0n) is 13.3. The highest BCUT2D eigenvalue weighted by atomic mass is 14.9. The molecule has 0 spiro atoms. The fourth-order valence-corrected chi connectivity index (χ4v) is 3.27. The molecule has 1 aliphatic rings. The number of aryl methyl sites for hydroxylation is 3. The Labute approximate surface area is 118 Å². The number of aromatic nitrogens is 1. The van der Waals surface area contributed by atoms with Crippen molar-refractivity contribution in [3.05, 3.63) is 28.6 Å². The third kappa shape index (κ3) is 3.00. The maximum absolute atomic E-state index is 4.61. The van der Waals surface area contributed by atoms with E-state index in [1.807, 2.05) is 0 Å². The van der Waals surface area contributed by atoms with Crippen molar-refractivity contribution in [3.63, 3.8) is 0 Å². The van der Waals surface area contributed by atoms with Gasteiger partial charge in [0.1, 0.15) is 0 Å². The zero-order valence-corrected chi connectivity index (χ0v) is 13.3. The van der Waals surface area contributed by atoms with E-state index in [0.717, 1.165) is 18.2 Å². The Morgan fingerprint density at radius 1 is 1.21 bits per heavy atom. The van der Waals surface area contributed by atoms with Crippen LogP contribution < -0.4 is 5.32 Å². The summed E-state index contributed by atoms with van der Waals surface area (Å²) in [4.78, 5) is 4.61. The highest BCUT2D eigenvalue weighted by Gasteiger charge is 2.44. The van der Waals surface area contributed by atoms with Crippen LogP contribution in [0.4, 0.5) is 0 Å². The molecule has 0 aromatic carbocycles. The van der Waals surface area contributed by atoms with Gasteiger partial charge in [0.2, 0.25) is 0 Å². The molecule has 1 aliphatic carbocycles. The summed E-state index contributed by atoms with van der Waals surface area (Å²) in [5.74, 6) is 0.783. The molecule has 0 bridgehead atoms. The normalized spacial score (nSPS) is 18.7. The van der Waals surface area contributed by atoms with E-state index in [-0.39, 0.29) is 0 Å². The monoisotopic (exact) mass is 260 g/mol. The second-order valence-corrected chi connectivity index (χ2v) is 6.70. The Balaban J connectivity index is 2.07. The molecular formula is C17H28N2. The Hall–Kier alpha value is -0.890. The molecule has 2 rings (SSSR count). The Bertz CT molecular complexity index is 435. The Morgan fingerprint density at radius 3 is 2.32 bits per heavy atom. The van der Waals surface area contributed by atoms with Crippen molar-refractivity contribution >= 4 is 0 Å². The first-order valence-electron chi connectivity index (χ1n) is 7.54. The lowest BCUT2D eigenvalue weighted by Crippen LogP contribution is -2.30. The van der Waals surface area contributed by atoms with Crippen LogP contribution in [0, 0.1) is 32.1 Å². The predicted molar refractivity (Wildman–Crippen MR) is 81.4 cm³/mol. The van der Waals surface area contributed by atoms with Crippen LogP contribution in [0.15, 0.2) is 6.07 Å². The molecule has 1 atom stereocenters. The van der Waals surface area contributed by atoms with E-state index in [2.05, 4.69) is 57.9 Å². The summed E-state index contributed by atoms with van der Waals surface area (Å²) in [5, 5.41) is 3.74. The van der Waals surface area contributed by atoms with Gasteiger partial charge in [-0.15, -0.1) is 0 Å². The minimum atomic E-state index is 0.393. The number of pyridine rings is 1. The van der Waals surface area contributed by atoms with Crippen LogP contribution in [-0.2, 0) is 0 Å². The van der Waals surface area contributed by atoms with Crippen molar-refractivity contribution in [1.29, 1.82) is 0 Å². The lowest BCUT2D eigenvalue weighted by atomic mass is 9.91. The molecule has 2 heteroatoms. The summed E-state index contributed by atoms with van der Waals surface area (Å²) in [6.45, 7) is 14.5. The van der Waals surface area contributed by atoms with Crippen LogP contribution >= 0.6 is 0 Å². The molecule has 1 unspecified atom stereocenters. The van der Waals surface area contributed by atoms with Crippen LogP contribution in [0.5, 0.6) is 0 Å².